The molecular weight excluding hydrogens is 523 g/mol. The van der Waals surface area contributed by atoms with E-state index in [2.05, 4.69) is 6.07 Å². The van der Waals surface area contributed by atoms with E-state index in [1.165, 1.54) is 12.1 Å². The fourth-order valence-corrected chi connectivity index (χ4v) is 4.44. The van der Waals surface area contributed by atoms with Crippen LogP contribution in [0.15, 0.2) is 102 Å². The van der Waals surface area contributed by atoms with Gasteiger partial charge in [0.2, 0.25) is 5.88 Å². The number of esters is 1. The Balaban J connectivity index is 1.34. The molecule has 41 heavy (non-hydrogen) atoms. The van der Waals surface area contributed by atoms with Gasteiger partial charge in [-0.3, -0.25) is 0 Å². The molecule has 1 heterocycles. The summed E-state index contributed by atoms with van der Waals surface area (Å²) in [5, 5.41) is 9.88. The number of halogens is 1. The third-order valence-electron chi connectivity index (χ3n) is 6.48. The molecule has 0 radical (unpaired) electrons. The Morgan fingerprint density at radius 2 is 1.71 bits per heavy atom. The zero-order chi connectivity index (χ0) is 28.8. The van der Waals surface area contributed by atoms with Gasteiger partial charge in [0.1, 0.15) is 47.1 Å². The van der Waals surface area contributed by atoms with Crippen LogP contribution in [-0.2, 0) is 6.61 Å². The first-order chi connectivity index (χ1) is 19.9. The van der Waals surface area contributed by atoms with Crippen LogP contribution in [0.4, 0.5) is 4.39 Å². The van der Waals surface area contributed by atoms with Crippen LogP contribution in [0, 0.1) is 17.1 Å². The van der Waals surface area contributed by atoms with Crippen molar-refractivity contribution in [3.05, 3.63) is 131 Å². The second kappa shape index (κ2) is 12.3. The second-order valence-corrected chi connectivity index (χ2v) is 9.37. The largest absolute Gasteiger partial charge is 0.494 e. The first kappa shape index (κ1) is 27.3. The molecule has 7 nitrogen and oxygen atoms in total. The van der Waals surface area contributed by atoms with Crippen LogP contribution < -0.4 is 24.7 Å². The number of carbonyl (C=O) groups excluding carboxylic acids is 1. The highest BCUT2D eigenvalue weighted by Crippen LogP contribution is 2.43. The average Bonchev–Trinajstić information content (AvgIpc) is 2.99. The molecule has 4 aromatic rings. The van der Waals surface area contributed by atoms with Crippen LogP contribution >= 0.6 is 0 Å². The maximum absolute atomic E-state index is 13.1. The Bertz CT molecular complexity index is 1630. The Morgan fingerprint density at radius 3 is 2.44 bits per heavy atom. The molecule has 206 valence electrons. The lowest BCUT2D eigenvalue weighted by atomic mass is 9.83. The quantitative estimate of drug-likeness (QED) is 0.184. The van der Waals surface area contributed by atoms with Gasteiger partial charge in [0.15, 0.2) is 0 Å². The summed E-state index contributed by atoms with van der Waals surface area (Å²) in [6.45, 7) is 2.84. The standard InChI is InChI=1S/C33H27FN2O5/c1-2-16-38-26-5-3-4-23(17-26)33(37)40-27-14-15-28-30(18-27)41-32(36)29(19-35)31(28)22-8-12-25(13-9-22)39-20-21-6-10-24(34)11-7-21/h3-15,17-18,31H,2,16,20,36H2,1H3. The van der Waals surface area contributed by atoms with E-state index >= 15 is 0 Å². The minimum Gasteiger partial charge on any atom is -0.494 e. The molecule has 0 aromatic heterocycles. The molecule has 1 atom stereocenters. The Kier molecular flexibility index (Phi) is 8.16. The van der Waals surface area contributed by atoms with E-state index in [0.29, 0.717) is 35.0 Å². The third-order valence-corrected chi connectivity index (χ3v) is 6.48. The Labute approximate surface area is 237 Å². The smallest absolute Gasteiger partial charge is 0.343 e. The highest BCUT2D eigenvalue weighted by Gasteiger charge is 2.31. The van der Waals surface area contributed by atoms with Crippen molar-refractivity contribution in [3.63, 3.8) is 0 Å². The summed E-state index contributed by atoms with van der Waals surface area (Å²) in [6, 6.07) is 27.4. The maximum atomic E-state index is 13.1. The Hall–Kier alpha value is -5.29. The van der Waals surface area contributed by atoms with Gasteiger partial charge < -0.3 is 24.7 Å². The fourth-order valence-electron chi connectivity index (χ4n) is 4.44. The van der Waals surface area contributed by atoms with Gasteiger partial charge in [-0.2, -0.15) is 5.26 Å². The predicted octanol–water partition coefficient (Wildman–Crippen LogP) is 6.63. The van der Waals surface area contributed by atoms with Crippen LogP contribution in [0.2, 0.25) is 0 Å². The zero-order valence-electron chi connectivity index (χ0n) is 22.3. The first-order valence-electron chi connectivity index (χ1n) is 13.1. The number of fused-ring (bicyclic) bond motifs is 1. The first-order valence-corrected chi connectivity index (χ1v) is 13.1. The molecule has 0 amide bonds. The number of nitrogens with zero attached hydrogens (tertiary/aromatic N) is 1. The van der Waals surface area contributed by atoms with Crippen molar-refractivity contribution < 1.29 is 28.1 Å². The zero-order valence-corrected chi connectivity index (χ0v) is 22.3. The number of nitrogens with two attached hydrogens (primary N) is 1. The van der Waals surface area contributed by atoms with Crippen LogP contribution in [0.25, 0.3) is 0 Å². The summed E-state index contributed by atoms with van der Waals surface area (Å²) in [5.41, 5.74) is 9.11. The molecule has 1 unspecified atom stereocenters. The second-order valence-electron chi connectivity index (χ2n) is 9.37. The highest BCUT2D eigenvalue weighted by atomic mass is 19.1. The number of ether oxygens (including phenoxy) is 4. The van der Waals surface area contributed by atoms with Gasteiger partial charge in [0.05, 0.1) is 18.1 Å². The molecule has 8 heteroatoms. The van der Waals surface area contributed by atoms with E-state index in [4.69, 9.17) is 24.7 Å². The number of hydrogen-bond acceptors (Lipinski definition) is 7. The molecule has 0 bridgehead atoms. The summed E-state index contributed by atoms with van der Waals surface area (Å²) in [6.07, 6.45) is 0.853. The molecule has 0 saturated carbocycles. The van der Waals surface area contributed by atoms with Gasteiger partial charge in [-0.1, -0.05) is 43.3 Å². The molecule has 0 fully saturated rings. The number of hydrogen-bond donors (Lipinski definition) is 1. The third kappa shape index (κ3) is 6.31. The van der Waals surface area contributed by atoms with Crippen molar-refractivity contribution in [1.82, 2.24) is 0 Å². The minimum atomic E-state index is -0.545. The highest BCUT2D eigenvalue weighted by molar-refractivity contribution is 5.91. The van der Waals surface area contributed by atoms with E-state index in [0.717, 1.165) is 17.5 Å². The number of rotatable bonds is 9. The van der Waals surface area contributed by atoms with Gasteiger partial charge in [-0.25, -0.2) is 9.18 Å². The van der Waals surface area contributed by atoms with E-state index in [-0.39, 0.29) is 29.6 Å². The number of allylic oxidation sites excluding steroid dienone is 1. The van der Waals surface area contributed by atoms with Crippen LogP contribution in [-0.4, -0.2) is 12.6 Å². The van der Waals surface area contributed by atoms with Crippen molar-refractivity contribution in [2.24, 2.45) is 5.73 Å². The molecule has 0 saturated heterocycles. The molecule has 4 aromatic carbocycles. The molecule has 1 aliphatic rings. The number of carbonyl (C=O) groups is 1. The average molecular weight is 551 g/mol. The summed E-state index contributed by atoms with van der Waals surface area (Å²) >= 11 is 0. The van der Waals surface area contributed by atoms with Crippen LogP contribution in [0.5, 0.6) is 23.0 Å². The van der Waals surface area contributed by atoms with Crippen molar-refractivity contribution in [1.29, 1.82) is 5.26 Å². The Morgan fingerprint density at radius 1 is 0.951 bits per heavy atom. The van der Waals surface area contributed by atoms with Crippen molar-refractivity contribution >= 4 is 5.97 Å². The van der Waals surface area contributed by atoms with Crippen molar-refractivity contribution in [2.45, 2.75) is 25.9 Å². The molecule has 5 rings (SSSR count). The summed E-state index contributed by atoms with van der Waals surface area (Å²) < 4.78 is 36.0. The van der Waals surface area contributed by atoms with Crippen LogP contribution in [0.3, 0.4) is 0 Å². The predicted molar refractivity (Wildman–Crippen MR) is 150 cm³/mol. The van der Waals surface area contributed by atoms with E-state index in [9.17, 15) is 14.4 Å². The number of benzene rings is 4. The number of nitriles is 1. The summed E-state index contributed by atoms with van der Waals surface area (Å²) in [4.78, 5) is 12.8. The lowest BCUT2D eigenvalue weighted by molar-refractivity contribution is 0.0734. The van der Waals surface area contributed by atoms with E-state index in [1.807, 2.05) is 19.1 Å². The van der Waals surface area contributed by atoms with Crippen molar-refractivity contribution in [2.75, 3.05) is 6.61 Å². The van der Waals surface area contributed by atoms with Gasteiger partial charge >= 0.3 is 5.97 Å². The minimum absolute atomic E-state index is 0.0223. The van der Waals surface area contributed by atoms with Gasteiger partial charge in [0.25, 0.3) is 0 Å². The topological polar surface area (TPSA) is 104 Å². The van der Waals surface area contributed by atoms with Crippen molar-refractivity contribution in [3.8, 4) is 29.1 Å². The SMILES string of the molecule is CCCOc1cccc(C(=O)Oc2ccc3c(c2)OC(N)=C(C#N)C3c2ccc(OCc3ccc(F)cc3)cc2)c1. The molecule has 2 N–H and O–H groups in total. The normalized spacial score (nSPS) is 13.9. The lowest BCUT2D eigenvalue weighted by Gasteiger charge is -2.26. The summed E-state index contributed by atoms with van der Waals surface area (Å²) in [7, 11) is 0. The van der Waals surface area contributed by atoms with E-state index in [1.54, 1.807) is 66.7 Å². The lowest BCUT2D eigenvalue weighted by Crippen LogP contribution is -2.21. The molecule has 1 aliphatic heterocycles. The molecular formula is C33H27FN2O5. The maximum Gasteiger partial charge on any atom is 0.343 e. The molecule has 0 spiro atoms. The molecule has 0 aliphatic carbocycles. The van der Waals surface area contributed by atoms with Crippen LogP contribution in [0.1, 0.15) is 46.3 Å². The van der Waals surface area contributed by atoms with Gasteiger partial charge in [-0.15, -0.1) is 0 Å². The monoisotopic (exact) mass is 550 g/mol. The fraction of sp³-hybridized carbons (Fsp3) is 0.152. The van der Waals surface area contributed by atoms with Gasteiger partial charge in [-0.05, 0) is 66.1 Å². The van der Waals surface area contributed by atoms with Gasteiger partial charge in [0, 0.05) is 11.6 Å². The summed E-state index contributed by atoms with van der Waals surface area (Å²) in [5.74, 6) is 0.496. The van der Waals surface area contributed by atoms with E-state index < -0.39 is 11.9 Å².